The lowest BCUT2D eigenvalue weighted by atomic mass is 9.99. The van der Waals surface area contributed by atoms with E-state index in [1.165, 1.54) is 5.57 Å². The van der Waals surface area contributed by atoms with E-state index in [0.717, 1.165) is 12.8 Å². The first kappa shape index (κ1) is 16.6. The highest BCUT2D eigenvalue weighted by Crippen LogP contribution is 2.11. The summed E-state index contributed by atoms with van der Waals surface area (Å²) in [7, 11) is 0. The van der Waals surface area contributed by atoms with Crippen LogP contribution < -0.4 is 0 Å². The van der Waals surface area contributed by atoms with Crippen LogP contribution in [-0.4, -0.2) is 18.4 Å². The van der Waals surface area contributed by atoms with E-state index in [9.17, 15) is 9.59 Å². The second-order valence-electron chi connectivity index (χ2n) is 4.36. The van der Waals surface area contributed by atoms with E-state index in [1.807, 2.05) is 13.0 Å². The van der Waals surface area contributed by atoms with E-state index in [2.05, 4.69) is 12.7 Å². The van der Waals surface area contributed by atoms with Crippen LogP contribution in [0.4, 0.5) is 0 Å². The number of Topliss-reactive ketones (excluding diaryl/α,β-unsaturated/α-hetero) is 1. The smallest absolute Gasteiger partial charge is 0.316 e. The summed E-state index contributed by atoms with van der Waals surface area (Å²) in [6.45, 7) is 9.32. The minimum atomic E-state index is -0.647. The van der Waals surface area contributed by atoms with Crippen LogP contribution in [0, 0.1) is 5.92 Å². The molecule has 1 unspecified atom stereocenters. The maximum atomic E-state index is 11.7. The van der Waals surface area contributed by atoms with Crippen molar-refractivity contribution in [3.63, 3.8) is 0 Å². The van der Waals surface area contributed by atoms with Crippen LogP contribution in [0.3, 0.4) is 0 Å². The van der Waals surface area contributed by atoms with Gasteiger partial charge in [-0.15, -0.1) is 6.58 Å². The highest BCUT2D eigenvalue weighted by Gasteiger charge is 2.21. The Bertz CT molecular complexity index is 316. The fourth-order valence-electron chi connectivity index (χ4n) is 1.49. The standard InChI is InChI=1S/C15H24O3/c1-5-7-8-9-12(3)10-11-14(16)13(4)15(17)18-6-2/h5,9,13H,1,6-8,10-11H2,2-4H3/b12-9-. The van der Waals surface area contributed by atoms with Crippen molar-refractivity contribution >= 4 is 11.8 Å². The molecule has 0 aromatic carbocycles. The van der Waals surface area contributed by atoms with E-state index in [0.29, 0.717) is 19.4 Å². The van der Waals surface area contributed by atoms with Crippen LogP contribution in [0.5, 0.6) is 0 Å². The molecule has 0 fully saturated rings. The predicted molar refractivity (Wildman–Crippen MR) is 73.2 cm³/mol. The molecule has 0 rings (SSSR count). The summed E-state index contributed by atoms with van der Waals surface area (Å²) in [6, 6.07) is 0. The van der Waals surface area contributed by atoms with E-state index in [-0.39, 0.29) is 5.78 Å². The zero-order chi connectivity index (χ0) is 14.0. The van der Waals surface area contributed by atoms with Crippen LogP contribution in [0.2, 0.25) is 0 Å². The summed E-state index contributed by atoms with van der Waals surface area (Å²) in [5.41, 5.74) is 1.18. The average molecular weight is 252 g/mol. The van der Waals surface area contributed by atoms with Crippen molar-refractivity contribution in [3.8, 4) is 0 Å². The minimum Gasteiger partial charge on any atom is -0.465 e. The van der Waals surface area contributed by atoms with Crippen molar-refractivity contribution in [2.75, 3.05) is 6.61 Å². The normalized spacial score (nSPS) is 12.9. The maximum absolute atomic E-state index is 11.7. The molecule has 0 bridgehead atoms. The summed E-state index contributed by atoms with van der Waals surface area (Å²) < 4.78 is 4.83. The Morgan fingerprint density at radius 2 is 1.94 bits per heavy atom. The maximum Gasteiger partial charge on any atom is 0.316 e. The van der Waals surface area contributed by atoms with Crippen LogP contribution in [-0.2, 0) is 14.3 Å². The molecule has 0 heterocycles. The van der Waals surface area contributed by atoms with Crippen molar-refractivity contribution in [2.24, 2.45) is 5.92 Å². The van der Waals surface area contributed by atoms with Crippen molar-refractivity contribution < 1.29 is 14.3 Å². The first-order valence-corrected chi connectivity index (χ1v) is 6.48. The number of esters is 1. The molecular formula is C15H24O3. The van der Waals surface area contributed by atoms with Gasteiger partial charge in [0.25, 0.3) is 0 Å². The number of rotatable bonds is 9. The Balaban J connectivity index is 4.05. The topological polar surface area (TPSA) is 43.4 Å². The Morgan fingerprint density at radius 3 is 2.50 bits per heavy atom. The Morgan fingerprint density at radius 1 is 1.28 bits per heavy atom. The van der Waals surface area contributed by atoms with Gasteiger partial charge in [-0.05, 0) is 40.0 Å². The van der Waals surface area contributed by atoms with Gasteiger partial charge in [-0.1, -0.05) is 17.7 Å². The average Bonchev–Trinajstić information content (AvgIpc) is 2.35. The largest absolute Gasteiger partial charge is 0.465 e. The number of ketones is 1. The van der Waals surface area contributed by atoms with Gasteiger partial charge in [0.05, 0.1) is 6.61 Å². The van der Waals surface area contributed by atoms with E-state index >= 15 is 0 Å². The molecule has 0 aliphatic heterocycles. The number of unbranched alkanes of at least 4 members (excludes halogenated alkanes) is 1. The van der Waals surface area contributed by atoms with Crippen LogP contribution in [0.1, 0.15) is 46.5 Å². The number of carbonyl (C=O) groups is 2. The molecule has 0 aliphatic carbocycles. The van der Waals surface area contributed by atoms with Gasteiger partial charge in [-0.25, -0.2) is 0 Å². The fraction of sp³-hybridized carbons (Fsp3) is 0.600. The second kappa shape index (κ2) is 9.63. The SMILES string of the molecule is C=CCC/C=C(/C)CCC(=O)C(C)C(=O)OCC. The third-order valence-corrected chi connectivity index (χ3v) is 2.75. The van der Waals surface area contributed by atoms with Gasteiger partial charge in [0.1, 0.15) is 11.7 Å². The van der Waals surface area contributed by atoms with Gasteiger partial charge in [0.15, 0.2) is 0 Å². The van der Waals surface area contributed by atoms with Crippen LogP contribution in [0.15, 0.2) is 24.3 Å². The number of hydrogen-bond acceptors (Lipinski definition) is 3. The molecule has 0 aromatic heterocycles. The molecule has 0 aliphatic rings. The molecule has 3 heteroatoms. The van der Waals surface area contributed by atoms with Gasteiger partial charge in [0.2, 0.25) is 0 Å². The zero-order valence-electron chi connectivity index (χ0n) is 11.7. The summed E-state index contributed by atoms with van der Waals surface area (Å²) in [5, 5.41) is 0. The third-order valence-electron chi connectivity index (χ3n) is 2.75. The molecule has 102 valence electrons. The Hall–Kier alpha value is -1.38. The molecule has 18 heavy (non-hydrogen) atoms. The van der Waals surface area contributed by atoms with Gasteiger partial charge in [0, 0.05) is 6.42 Å². The molecule has 0 saturated carbocycles. The quantitative estimate of drug-likeness (QED) is 0.273. The first-order valence-electron chi connectivity index (χ1n) is 6.48. The van der Waals surface area contributed by atoms with Crippen LogP contribution >= 0.6 is 0 Å². The summed E-state index contributed by atoms with van der Waals surface area (Å²) in [5.74, 6) is -1.12. The summed E-state index contributed by atoms with van der Waals surface area (Å²) in [4.78, 5) is 23.1. The van der Waals surface area contributed by atoms with E-state index in [1.54, 1.807) is 13.8 Å². The fourth-order valence-corrected chi connectivity index (χ4v) is 1.49. The second-order valence-corrected chi connectivity index (χ2v) is 4.36. The Labute approximate surface area is 110 Å². The summed E-state index contributed by atoms with van der Waals surface area (Å²) in [6.07, 6.45) is 7.00. The van der Waals surface area contributed by atoms with Crippen molar-refractivity contribution in [1.82, 2.24) is 0 Å². The molecule has 0 amide bonds. The van der Waals surface area contributed by atoms with Gasteiger partial charge in [-0.2, -0.15) is 0 Å². The van der Waals surface area contributed by atoms with E-state index in [4.69, 9.17) is 4.74 Å². The summed E-state index contributed by atoms with van der Waals surface area (Å²) >= 11 is 0. The molecule has 0 aromatic rings. The number of hydrogen-bond donors (Lipinski definition) is 0. The number of carbonyl (C=O) groups excluding carboxylic acids is 2. The van der Waals surface area contributed by atoms with E-state index < -0.39 is 11.9 Å². The van der Waals surface area contributed by atoms with Gasteiger partial charge in [-0.3, -0.25) is 9.59 Å². The molecule has 0 saturated heterocycles. The molecule has 1 atom stereocenters. The molecule has 0 N–H and O–H groups in total. The lowest BCUT2D eigenvalue weighted by Crippen LogP contribution is -2.23. The van der Waals surface area contributed by atoms with Gasteiger partial charge >= 0.3 is 5.97 Å². The van der Waals surface area contributed by atoms with Gasteiger partial charge < -0.3 is 4.74 Å². The highest BCUT2D eigenvalue weighted by molar-refractivity contribution is 5.98. The Kier molecular flexibility index (Phi) is 8.89. The lowest BCUT2D eigenvalue weighted by molar-refractivity contribution is -0.150. The zero-order valence-corrected chi connectivity index (χ0v) is 11.7. The van der Waals surface area contributed by atoms with Crippen molar-refractivity contribution in [1.29, 1.82) is 0 Å². The number of ether oxygens (including phenoxy) is 1. The van der Waals surface area contributed by atoms with Crippen LogP contribution in [0.25, 0.3) is 0 Å². The molecule has 0 radical (unpaired) electrons. The lowest BCUT2D eigenvalue weighted by Gasteiger charge is -2.09. The minimum absolute atomic E-state index is 0.0510. The molecule has 3 nitrogen and oxygen atoms in total. The number of allylic oxidation sites excluding steroid dienone is 3. The first-order chi connectivity index (χ1) is 8.52. The van der Waals surface area contributed by atoms with Crippen molar-refractivity contribution in [3.05, 3.63) is 24.3 Å². The monoisotopic (exact) mass is 252 g/mol. The predicted octanol–water partition coefficient (Wildman–Crippen LogP) is 3.45. The van der Waals surface area contributed by atoms with Crippen molar-refractivity contribution in [2.45, 2.75) is 46.5 Å². The molecular weight excluding hydrogens is 228 g/mol. The highest BCUT2D eigenvalue weighted by atomic mass is 16.5. The third kappa shape index (κ3) is 7.05. The molecule has 0 spiro atoms.